The number of aliphatic hydroxyl groups is 1. The molecule has 26 heavy (non-hydrogen) atoms. The maximum absolute atomic E-state index is 9.63. The van der Waals surface area contributed by atoms with E-state index in [0.717, 1.165) is 49.8 Å². The van der Waals surface area contributed by atoms with Crippen LogP contribution in [0.25, 0.3) is 0 Å². The lowest BCUT2D eigenvalue weighted by Gasteiger charge is -2.25. The van der Waals surface area contributed by atoms with Gasteiger partial charge in [0.25, 0.3) is 0 Å². The minimum atomic E-state index is -0.0759. The molecule has 0 amide bonds. The van der Waals surface area contributed by atoms with Crippen molar-refractivity contribution < 1.29 is 9.84 Å². The highest BCUT2D eigenvalue weighted by molar-refractivity contribution is 9.09. The number of hydrogen-bond acceptors (Lipinski definition) is 2. The summed E-state index contributed by atoms with van der Waals surface area (Å²) in [5, 5.41) is 10.8. The molecule has 1 aromatic carbocycles. The zero-order chi connectivity index (χ0) is 18.5. The van der Waals surface area contributed by atoms with E-state index in [1.165, 1.54) is 56.9 Å². The second kappa shape index (κ2) is 13.6. The van der Waals surface area contributed by atoms with Gasteiger partial charge in [-0.05, 0) is 62.1 Å². The maximum Gasteiger partial charge on any atom is 0.119 e. The zero-order valence-corrected chi connectivity index (χ0v) is 17.9. The molecule has 1 fully saturated rings. The van der Waals surface area contributed by atoms with Gasteiger partial charge in [-0.2, -0.15) is 0 Å². The lowest BCUT2D eigenvalue weighted by Crippen LogP contribution is -2.16. The summed E-state index contributed by atoms with van der Waals surface area (Å²) in [7, 11) is 0. The third-order valence-electron chi connectivity index (χ3n) is 5.59. The number of alkyl halides is 1. The average molecular weight is 425 g/mol. The van der Waals surface area contributed by atoms with Crippen LogP contribution in [0.15, 0.2) is 24.3 Å². The van der Waals surface area contributed by atoms with Crippen molar-refractivity contribution in [3.8, 4) is 5.75 Å². The summed E-state index contributed by atoms with van der Waals surface area (Å²) in [6.07, 6.45) is 16.1. The smallest absolute Gasteiger partial charge is 0.119 e. The fourth-order valence-corrected chi connectivity index (χ4v) is 4.27. The second-order valence-electron chi connectivity index (χ2n) is 7.79. The first-order valence-electron chi connectivity index (χ1n) is 10.8. The monoisotopic (exact) mass is 424 g/mol. The summed E-state index contributed by atoms with van der Waals surface area (Å²) in [5.41, 5.74) is 1.40. The highest BCUT2D eigenvalue weighted by atomic mass is 79.9. The van der Waals surface area contributed by atoms with Crippen molar-refractivity contribution >= 4 is 15.9 Å². The van der Waals surface area contributed by atoms with E-state index in [1.54, 1.807) is 0 Å². The van der Waals surface area contributed by atoms with Gasteiger partial charge in [-0.1, -0.05) is 73.0 Å². The topological polar surface area (TPSA) is 29.5 Å². The number of benzene rings is 1. The van der Waals surface area contributed by atoms with E-state index in [1.807, 2.05) is 0 Å². The van der Waals surface area contributed by atoms with Crippen LogP contribution in [-0.2, 0) is 0 Å². The molecule has 0 atom stereocenters. The molecule has 0 aromatic heterocycles. The van der Waals surface area contributed by atoms with Crippen molar-refractivity contribution in [2.75, 3.05) is 11.9 Å². The number of aliphatic hydroxyl groups excluding tert-OH is 1. The Balaban J connectivity index is 1.48. The van der Waals surface area contributed by atoms with Crippen molar-refractivity contribution in [1.82, 2.24) is 0 Å². The molecule has 2 nitrogen and oxygen atoms in total. The molecule has 0 aliphatic heterocycles. The molecule has 0 spiro atoms. The van der Waals surface area contributed by atoms with Gasteiger partial charge in [0.15, 0.2) is 0 Å². The van der Waals surface area contributed by atoms with E-state index in [2.05, 4.69) is 40.2 Å². The predicted molar refractivity (Wildman–Crippen MR) is 114 cm³/mol. The number of ether oxygens (including phenoxy) is 1. The van der Waals surface area contributed by atoms with Crippen LogP contribution in [-0.4, -0.2) is 23.1 Å². The highest BCUT2D eigenvalue weighted by Gasteiger charge is 2.20. The van der Waals surface area contributed by atoms with E-state index in [0.29, 0.717) is 5.92 Å². The van der Waals surface area contributed by atoms with Crippen LogP contribution in [0.4, 0.5) is 0 Å². The molecule has 0 heterocycles. The summed E-state index contributed by atoms with van der Waals surface area (Å²) in [5.74, 6) is 1.61. The van der Waals surface area contributed by atoms with Crippen LogP contribution in [0.5, 0.6) is 5.75 Å². The van der Waals surface area contributed by atoms with Gasteiger partial charge in [0.05, 0.1) is 12.7 Å². The standard InChI is InChI=1S/C23H37BrO2/c24-18-8-6-4-2-1-3-5-7-9-19-26-23-16-12-21(13-17-23)20-10-14-22(25)15-11-20/h12-13,16-17,20,22,25H,1-11,14-15,18-19H2. The minimum Gasteiger partial charge on any atom is -0.494 e. The van der Waals surface area contributed by atoms with E-state index in [9.17, 15) is 5.11 Å². The average Bonchev–Trinajstić information content (AvgIpc) is 2.67. The van der Waals surface area contributed by atoms with Crippen LogP contribution in [0.3, 0.4) is 0 Å². The fourth-order valence-electron chi connectivity index (χ4n) is 3.87. The summed E-state index contributed by atoms with van der Waals surface area (Å²) in [6.45, 7) is 0.834. The fraction of sp³-hybridized carbons (Fsp3) is 0.739. The molecule has 1 aliphatic rings. The molecule has 0 saturated heterocycles. The Kier molecular flexibility index (Phi) is 11.4. The molecular formula is C23H37BrO2. The van der Waals surface area contributed by atoms with Crippen molar-refractivity contribution in [2.45, 2.75) is 95.5 Å². The maximum atomic E-state index is 9.63. The molecule has 1 saturated carbocycles. The predicted octanol–water partition coefficient (Wildman–Crippen LogP) is 6.99. The number of halogens is 1. The molecule has 0 bridgehead atoms. The first kappa shape index (κ1) is 21.8. The van der Waals surface area contributed by atoms with Gasteiger partial charge in [0.1, 0.15) is 5.75 Å². The molecule has 0 radical (unpaired) electrons. The summed E-state index contributed by atoms with van der Waals surface area (Å²) in [6, 6.07) is 8.67. The molecule has 1 N–H and O–H groups in total. The Morgan fingerprint density at radius 2 is 1.31 bits per heavy atom. The Morgan fingerprint density at radius 3 is 1.88 bits per heavy atom. The van der Waals surface area contributed by atoms with Crippen molar-refractivity contribution in [1.29, 1.82) is 0 Å². The largest absolute Gasteiger partial charge is 0.494 e. The van der Waals surface area contributed by atoms with Crippen LogP contribution in [0, 0.1) is 0 Å². The lowest BCUT2D eigenvalue weighted by molar-refractivity contribution is 0.122. The zero-order valence-electron chi connectivity index (χ0n) is 16.3. The van der Waals surface area contributed by atoms with E-state index < -0.39 is 0 Å². The molecule has 1 aromatic rings. The van der Waals surface area contributed by atoms with Gasteiger partial charge < -0.3 is 9.84 Å². The van der Waals surface area contributed by atoms with Crippen molar-refractivity contribution in [3.63, 3.8) is 0 Å². The lowest BCUT2D eigenvalue weighted by atomic mass is 9.83. The van der Waals surface area contributed by atoms with Gasteiger partial charge in [-0.15, -0.1) is 0 Å². The second-order valence-corrected chi connectivity index (χ2v) is 8.59. The molecule has 148 valence electrons. The Labute approximate surface area is 168 Å². The third kappa shape index (κ3) is 8.90. The van der Waals surface area contributed by atoms with E-state index in [-0.39, 0.29) is 6.10 Å². The van der Waals surface area contributed by atoms with E-state index >= 15 is 0 Å². The normalized spacial score (nSPS) is 20.2. The van der Waals surface area contributed by atoms with Crippen LogP contribution in [0.1, 0.15) is 95.0 Å². The van der Waals surface area contributed by atoms with Crippen molar-refractivity contribution in [3.05, 3.63) is 29.8 Å². The van der Waals surface area contributed by atoms with Crippen LogP contribution >= 0.6 is 15.9 Å². The molecule has 0 unspecified atom stereocenters. The Hall–Kier alpha value is -0.540. The van der Waals surface area contributed by atoms with Gasteiger partial charge in [-0.3, -0.25) is 0 Å². The van der Waals surface area contributed by atoms with Crippen LogP contribution < -0.4 is 4.74 Å². The number of unbranched alkanes of at least 4 members (excludes halogenated alkanes) is 8. The third-order valence-corrected chi connectivity index (χ3v) is 6.16. The quantitative estimate of drug-likeness (QED) is 0.273. The summed E-state index contributed by atoms with van der Waals surface area (Å²) >= 11 is 3.49. The molecule has 2 rings (SSSR count). The number of rotatable bonds is 13. The SMILES string of the molecule is OC1CCC(c2ccc(OCCCCCCCCCCCBr)cc2)CC1. The van der Waals surface area contributed by atoms with Gasteiger partial charge in [0, 0.05) is 5.33 Å². The first-order chi connectivity index (χ1) is 12.8. The summed E-state index contributed by atoms with van der Waals surface area (Å²) in [4.78, 5) is 0. The highest BCUT2D eigenvalue weighted by Crippen LogP contribution is 2.33. The molecule has 3 heteroatoms. The van der Waals surface area contributed by atoms with Crippen molar-refractivity contribution in [2.24, 2.45) is 0 Å². The van der Waals surface area contributed by atoms with Gasteiger partial charge in [0.2, 0.25) is 0 Å². The van der Waals surface area contributed by atoms with Gasteiger partial charge >= 0.3 is 0 Å². The van der Waals surface area contributed by atoms with Gasteiger partial charge in [-0.25, -0.2) is 0 Å². The van der Waals surface area contributed by atoms with E-state index in [4.69, 9.17) is 4.74 Å². The molecule has 1 aliphatic carbocycles. The molecular weight excluding hydrogens is 388 g/mol. The number of hydrogen-bond donors (Lipinski definition) is 1. The van der Waals surface area contributed by atoms with Crippen LogP contribution in [0.2, 0.25) is 0 Å². The summed E-state index contributed by atoms with van der Waals surface area (Å²) < 4.78 is 5.89. The Bertz CT molecular complexity index is 452. The minimum absolute atomic E-state index is 0.0759. The first-order valence-corrected chi connectivity index (χ1v) is 11.9. The Morgan fingerprint density at radius 1 is 0.769 bits per heavy atom.